The molecular weight excluding hydrogens is 198 g/mol. The summed E-state index contributed by atoms with van der Waals surface area (Å²) < 4.78 is 5.31. The second kappa shape index (κ2) is 4.10. The van der Waals surface area contributed by atoms with E-state index >= 15 is 0 Å². The van der Waals surface area contributed by atoms with E-state index in [1.807, 2.05) is 6.07 Å². The number of piperidine rings is 1. The highest BCUT2D eigenvalue weighted by Gasteiger charge is 2.37. The third-order valence-corrected chi connectivity index (χ3v) is 4.06. The van der Waals surface area contributed by atoms with Crippen molar-refractivity contribution in [2.45, 2.75) is 43.7 Å². The maximum absolute atomic E-state index is 5.31. The van der Waals surface area contributed by atoms with Gasteiger partial charge in [0, 0.05) is 18.0 Å². The molecule has 3 rings (SSSR count). The zero-order valence-electron chi connectivity index (χ0n) is 9.78. The molecule has 3 unspecified atom stereocenters. The van der Waals surface area contributed by atoms with Gasteiger partial charge < -0.3 is 10.1 Å². The highest BCUT2D eigenvalue weighted by Crippen LogP contribution is 2.39. The minimum atomic E-state index is 0.697. The van der Waals surface area contributed by atoms with E-state index in [1.54, 1.807) is 7.11 Å². The number of hydrogen-bond acceptors (Lipinski definition) is 2. The monoisotopic (exact) mass is 217 g/mol. The van der Waals surface area contributed by atoms with Crippen LogP contribution >= 0.6 is 0 Å². The molecule has 2 heteroatoms. The largest absolute Gasteiger partial charge is 0.497 e. The average molecular weight is 217 g/mol. The standard InChI is InChI=1S/C14H19NO/c1-16-12-6-2-4-10(8-12)13-9-11-5-3-7-14(13)15-11/h2,4,6,8,11,13-15H,3,5,7,9H2,1H3. The smallest absolute Gasteiger partial charge is 0.119 e. The summed E-state index contributed by atoms with van der Waals surface area (Å²) in [7, 11) is 1.74. The first-order chi connectivity index (χ1) is 7.86. The van der Waals surface area contributed by atoms with Crippen LogP contribution in [0.15, 0.2) is 24.3 Å². The van der Waals surface area contributed by atoms with Crippen molar-refractivity contribution in [1.82, 2.24) is 5.32 Å². The number of nitrogens with one attached hydrogen (secondary N) is 1. The molecule has 2 saturated heterocycles. The second-order valence-corrected chi connectivity index (χ2v) is 5.02. The summed E-state index contributed by atoms with van der Waals surface area (Å²) >= 11 is 0. The molecule has 1 N–H and O–H groups in total. The minimum absolute atomic E-state index is 0.697. The predicted molar refractivity (Wildman–Crippen MR) is 64.9 cm³/mol. The molecule has 0 spiro atoms. The van der Waals surface area contributed by atoms with Crippen LogP contribution in [0.4, 0.5) is 0 Å². The lowest BCUT2D eigenvalue weighted by Crippen LogP contribution is -2.34. The average Bonchev–Trinajstić information content (AvgIpc) is 2.64. The Bertz CT molecular complexity index is 377. The van der Waals surface area contributed by atoms with Crippen LogP contribution in [0, 0.1) is 0 Å². The third-order valence-electron chi connectivity index (χ3n) is 4.06. The van der Waals surface area contributed by atoms with Gasteiger partial charge in [-0.25, -0.2) is 0 Å². The molecule has 1 aromatic rings. The Balaban J connectivity index is 1.86. The predicted octanol–water partition coefficient (Wildman–Crippen LogP) is 2.69. The first kappa shape index (κ1) is 10.2. The van der Waals surface area contributed by atoms with E-state index in [4.69, 9.17) is 4.74 Å². The molecule has 3 atom stereocenters. The molecule has 2 nitrogen and oxygen atoms in total. The Morgan fingerprint density at radius 1 is 1.31 bits per heavy atom. The molecule has 2 heterocycles. The van der Waals surface area contributed by atoms with Gasteiger partial charge in [0.05, 0.1) is 7.11 Å². The van der Waals surface area contributed by atoms with Gasteiger partial charge in [-0.15, -0.1) is 0 Å². The van der Waals surface area contributed by atoms with E-state index in [0.717, 1.165) is 11.8 Å². The van der Waals surface area contributed by atoms with Crippen molar-refractivity contribution in [2.24, 2.45) is 0 Å². The molecule has 0 amide bonds. The van der Waals surface area contributed by atoms with Gasteiger partial charge in [-0.1, -0.05) is 18.6 Å². The summed E-state index contributed by atoms with van der Waals surface area (Å²) in [5, 5.41) is 3.74. The van der Waals surface area contributed by atoms with Crippen LogP contribution in [0.25, 0.3) is 0 Å². The Kier molecular flexibility index (Phi) is 2.60. The summed E-state index contributed by atoms with van der Waals surface area (Å²) in [6, 6.07) is 10.0. The molecule has 1 aromatic carbocycles. The fraction of sp³-hybridized carbons (Fsp3) is 0.571. The molecule has 2 bridgehead atoms. The lowest BCUT2D eigenvalue weighted by Gasteiger charge is -2.23. The summed E-state index contributed by atoms with van der Waals surface area (Å²) in [4.78, 5) is 0. The SMILES string of the molecule is COc1cccc(C2CC3CCCC2N3)c1. The van der Waals surface area contributed by atoms with Gasteiger partial charge in [-0.3, -0.25) is 0 Å². The second-order valence-electron chi connectivity index (χ2n) is 5.02. The molecule has 2 aliphatic rings. The quantitative estimate of drug-likeness (QED) is 0.822. The van der Waals surface area contributed by atoms with Crippen molar-refractivity contribution < 1.29 is 4.74 Å². The lowest BCUT2D eigenvalue weighted by atomic mass is 9.90. The van der Waals surface area contributed by atoms with Gasteiger partial charge in [0.25, 0.3) is 0 Å². The number of hydrogen-bond donors (Lipinski definition) is 1. The van der Waals surface area contributed by atoms with Crippen LogP contribution in [-0.2, 0) is 0 Å². The van der Waals surface area contributed by atoms with Crippen molar-refractivity contribution in [3.63, 3.8) is 0 Å². The van der Waals surface area contributed by atoms with Gasteiger partial charge in [-0.05, 0) is 37.0 Å². The van der Waals surface area contributed by atoms with Crippen molar-refractivity contribution >= 4 is 0 Å². The van der Waals surface area contributed by atoms with Gasteiger partial charge in [0.2, 0.25) is 0 Å². The number of methoxy groups -OCH3 is 1. The lowest BCUT2D eigenvalue weighted by molar-refractivity contribution is 0.396. The molecule has 0 aromatic heterocycles. The van der Waals surface area contributed by atoms with Gasteiger partial charge in [0.1, 0.15) is 5.75 Å². The van der Waals surface area contributed by atoms with Crippen LogP contribution in [0.3, 0.4) is 0 Å². The number of rotatable bonds is 2. The fourth-order valence-corrected chi connectivity index (χ4v) is 3.27. The van der Waals surface area contributed by atoms with Crippen LogP contribution in [-0.4, -0.2) is 19.2 Å². The molecule has 0 radical (unpaired) electrons. The number of benzene rings is 1. The Morgan fingerprint density at radius 2 is 2.25 bits per heavy atom. The fourth-order valence-electron chi connectivity index (χ4n) is 3.27. The van der Waals surface area contributed by atoms with E-state index in [9.17, 15) is 0 Å². The molecule has 16 heavy (non-hydrogen) atoms. The zero-order valence-corrected chi connectivity index (χ0v) is 9.78. The van der Waals surface area contributed by atoms with Crippen molar-refractivity contribution in [3.05, 3.63) is 29.8 Å². The maximum Gasteiger partial charge on any atom is 0.119 e. The van der Waals surface area contributed by atoms with E-state index in [1.165, 1.54) is 31.2 Å². The van der Waals surface area contributed by atoms with Gasteiger partial charge in [0.15, 0.2) is 0 Å². The maximum atomic E-state index is 5.31. The van der Waals surface area contributed by atoms with E-state index in [-0.39, 0.29) is 0 Å². The normalized spacial score (nSPS) is 32.7. The molecule has 0 aliphatic carbocycles. The summed E-state index contributed by atoms with van der Waals surface area (Å²) in [6.07, 6.45) is 5.38. The molecular formula is C14H19NO. The van der Waals surface area contributed by atoms with E-state index < -0.39 is 0 Å². The first-order valence-corrected chi connectivity index (χ1v) is 6.27. The first-order valence-electron chi connectivity index (χ1n) is 6.27. The molecule has 0 saturated carbocycles. The topological polar surface area (TPSA) is 21.3 Å². The van der Waals surface area contributed by atoms with Crippen LogP contribution in [0.2, 0.25) is 0 Å². The van der Waals surface area contributed by atoms with Crippen molar-refractivity contribution in [2.75, 3.05) is 7.11 Å². The summed E-state index contributed by atoms with van der Waals surface area (Å²) in [5.74, 6) is 1.68. The summed E-state index contributed by atoms with van der Waals surface area (Å²) in [6.45, 7) is 0. The molecule has 2 fully saturated rings. The molecule has 2 aliphatic heterocycles. The number of fused-ring (bicyclic) bond motifs is 2. The Hall–Kier alpha value is -1.02. The summed E-state index contributed by atoms with van der Waals surface area (Å²) in [5.41, 5.74) is 1.45. The number of ether oxygens (including phenoxy) is 1. The van der Waals surface area contributed by atoms with Crippen molar-refractivity contribution in [1.29, 1.82) is 0 Å². The van der Waals surface area contributed by atoms with Crippen LogP contribution in [0.5, 0.6) is 5.75 Å². The third kappa shape index (κ3) is 1.71. The van der Waals surface area contributed by atoms with Gasteiger partial charge >= 0.3 is 0 Å². The zero-order chi connectivity index (χ0) is 11.0. The van der Waals surface area contributed by atoms with Crippen molar-refractivity contribution in [3.8, 4) is 5.75 Å². The highest BCUT2D eigenvalue weighted by molar-refractivity contribution is 5.33. The van der Waals surface area contributed by atoms with E-state index in [2.05, 4.69) is 23.5 Å². The Labute approximate surface area is 97.0 Å². The van der Waals surface area contributed by atoms with Crippen LogP contribution < -0.4 is 10.1 Å². The minimum Gasteiger partial charge on any atom is -0.497 e. The van der Waals surface area contributed by atoms with Gasteiger partial charge in [-0.2, -0.15) is 0 Å². The Morgan fingerprint density at radius 3 is 3.06 bits per heavy atom. The van der Waals surface area contributed by atoms with Crippen LogP contribution in [0.1, 0.15) is 37.2 Å². The highest BCUT2D eigenvalue weighted by atomic mass is 16.5. The molecule has 86 valence electrons. The van der Waals surface area contributed by atoms with E-state index in [0.29, 0.717) is 12.0 Å².